The third kappa shape index (κ3) is 3.02. The number of phenols is 1. The molecule has 1 aromatic heterocycles. The van der Waals surface area contributed by atoms with Crippen LogP contribution >= 0.6 is 0 Å². The van der Waals surface area contributed by atoms with E-state index in [9.17, 15) is 9.90 Å². The molecule has 0 amide bonds. The number of aromatic hydroxyl groups is 1. The molecule has 0 saturated carbocycles. The van der Waals surface area contributed by atoms with Crippen molar-refractivity contribution in [3.63, 3.8) is 0 Å². The summed E-state index contributed by atoms with van der Waals surface area (Å²) in [7, 11) is 2.07. The molecule has 24 heavy (non-hydrogen) atoms. The Morgan fingerprint density at radius 2 is 1.92 bits per heavy atom. The molecule has 1 heterocycles. The van der Waals surface area contributed by atoms with Crippen LogP contribution in [-0.2, 0) is 13.0 Å². The highest BCUT2D eigenvalue weighted by Gasteiger charge is 2.21. The summed E-state index contributed by atoms with van der Waals surface area (Å²) in [6.07, 6.45) is 4.63. The second-order valence-corrected chi connectivity index (χ2v) is 6.67. The van der Waals surface area contributed by atoms with Gasteiger partial charge in [0.1, 0.15) is 11.5 Å². The van der Waals surface area contributed by atoms with Gasteiger partial charge in [0, 0.05) is 18.2 Å². The number of rotatable bonds is 5. The first-order chi connectivity index (χ1) is 11.4. The van der Waals surface area contributed by atoms with E-state index < -0.39 is 0 Å². The monoisotopic (exact) mass is 325 g/mol. The van der Waals surface area contributed by atoms with Crippen LogP contribution in [-0.4, -0.2) is 23.1 Å². The van der Waals surface area contributed by atoms with Crippen molar-refractivity contribution in [2.24, 2.45) is 0 Å². The van der Waals surface area contributed by atoms with E-state index in [1.165, 1.54) is 0 Å². The van der Waals surface area contributed by atoms with E-state index in [1.807, 2.05) is 38.1 Å². The molecule has 4 heteroatoms. The van der Waals surface area contributed by atoms with Gasteiger partial charge in [-0.05, 0) is 63.1 Å². The number of hydrogen-bond donors (Lipinski definition) is 1. The van der Waals surface area contributed by atoms with Crippen molar-refractivity contribution in [3.05, 3.63) is 62.2 Å². The highest BCUT2D eigenvalue weighted by Crippen LogP contribution is 2.28. The minimum atomic E-state index is -0.250. The normalized spacial score (nSPS) is 13.7. The number of hydrogen-bond acceptors (Lipinski definition) is 4. The van der Waals surface area contributed by atoms with Gasteiger partial charge in [0.25, 0.3) is 0 Å². The van der Waals surface area contributed by atoms with Crippen LogP contribution in [0.5, 0.6) is 5.75 Å². The third-order valence-corrected chi connectivity index (χ3v) is 4.89. The Morgan fingerprint density at radius 3 is 2.54 bits per heavy atom. The van der Waals surface area contributed by atoms with Crippen molar-refractivity contribution in [2.45, 2.75) is 39.8 Å². The Kier molecular flexibility index (Phi) is 4.33. The second kappa shape index (κ2) is 6.29. The summed E-state index contributed by atoms with van der Waals surface area (Å²) in [6, 6.07) is 6.13. The highest BCUT2D eigenvalue weighted by molar-refractivity contribution is 5.86. The summed E-state index contributed by atoms with van der Waals surface area (Å²) in [5.74, 6) is 1.03. The van der Waals surface area contributed by atoms with E-state index in [2.05, 4.69) is 24.9 Å². The third-order valence-electron chi connectivity index (χ3n) is 4.89. The first kappa shape index (κ1) is 16.5. The molecule has 0 radical (unpaired) electrons. The molecule has 1 aromatic carbocycles. The van der Waals surface area contributed by atoms with Crippen molar-refractivity contribution < 1.29 is 9.52 Å². The van der Waals surface area contributed by atoms with Crippen molar-refractivity contribution in [3.8, 4) is 5.75 Å². The zero-order valence-electron chi connectivity index (χ0n) is 14.6. The summed E-state index contributed by atoms with van der Waals surface area (Å²) < 4.78 is 5.33. The van der Waals surface area contributed by atoms with Gasteiger partial charge in [-0.15, -0.1) is 0 Å². The SMILES string of the molecule is Cc1ccc(C[C@@H](C)N(C)Cc2c(C)oc(=O)c3c2C=C3)cc1O. The predicted octanol–water partition coefficient (Wildman–Crippen LogP) is 3.51. The predicted molar refractivity (Wildman–Crippen MR) is 96.1 cm³/mol. The van der Waals surface area contributed by atoms with Crippen LogP contribution in [0.3, 0.4) is 0 Å². The van der Waals surface area contributed by atoms with Gasteiger partial charge in [-0.2, -0.15) is 0 Å². The average molecular weight is 325 g/mol. The summed E-state index contributed by atoms with van der Waals surface area (Å²) in [6.45, 7) is 6.63. The van der Waals surface area contributed by atoms with Crippen molar-refractivity contribution in [1.82, 2.24) is 4.90 Å². The minimum Gasteiger partial charge on any atom is -0.508 e. The lowest BCUT2D eigenvalue weighted by molar-refractivity contribution is 0.244. The standard InChI is InChI=1S/C20H23NO3/c1-12-5-6-15(10-19(12)22)9-13(2)21(4)11-18-14(3)24-20(23)17-8-7-16(17)18/h5-8,10,13,22H,9,11H2,1-4H3/t13-/m1/s1. The van der Waals surface area contributed by atoms with Crippen LogP contribution in [0.2, 0.25) is 0 Å². The van der Waals surface area contributed by atoms with E-state index in [0.717, 1.165) is 35.2 Å². The first-order valence-corrected chi connectivity index (χ1v) is 8.20. The lowest BCUT2D eigenvalue weighted by Gasteiger charge is -2.27. The number of benzene rings is 1. The first-order valence-electron chi connectivity index (χ1n) is 8.20. The molecule has 4 nitrogen and oxygen atoms in total. The molecule has 0 saturated heterocycles. The van der Waals surface area contributed by atoms with Gasteiger partial charge in [-0.3, -0.25) is 4.90 Å². The van der Waals surface area contributed by atoms with Crippen LogP contribution in [0.25, 0.3) is 12.2 Å². The van der Waals surface area contributed by atoms with Gasteiger partial charge in [0.2, 0.25) is 0 Å². The van der Waals surface area contributed by atoms with Crippen LogP contribution in [0, 0.1) is 13.8 Å². The number of aryl methyl sites for hydroxylation is 2. The Bertz CT molecular complexity index is 864. The summed E-state index contributed by atoms with van der Waals surface area (Å²) >= 11 is 0. The van der Waals surface area contributed by atoms with Gasteiger partial charge in [0.15, 0.2) is 0 Å². The van der Waals surface area contributed by atoms with Gasteiger partial charge in [-0.1, -0.05) is 18.2 Å². The fourth-order valence-electron chi connectivity index (χ4n) is 3.02. The zero-order chi connectivity index (χ0) is 17.4. The summed E-state index contributed by atoms with van der Waals surface area (Å²) in [4.78, 5) is 14.0. The number of likely N-dealkylation sites (N-methyl/N-ethyl adjacent to an activating group) is 1. The molecule has 1 atom stereocenters. The fraction of sp³-hybridized carbons (Fsp3) is 0.350. The maximum absolute atomic E-state index is 11.7. The molecule has 0 unspecified atom stereocenters. The van der Waals surface area contributed by atoms with Crippen molar-refractivity contribution >= 4 is 12.2 Å². The molecule has 126 valence electrons. The van der Waals surface area contributed by atoms with Crippen molar-refractivity contribution in [1.29, 1.82) is 0 Å². The van der Waals surface area contributed by atoms with E-state index in [0.29, 0.717) is 17.1 Å². The average Bonchev–Trinajstić information content (AvgIpc) is 2.47. The maximum Gasteiger partial charge on any atom is 0.343 e. The number of fused-ring (bicyclic) bond motifs is 1. The maximum atomic E-state index is 11.7. The molecule has 1 aliphatic rings. The molecule has 1 N–H and O–H groups in total. The van der Waals surface area contributed by atoms with E-state index >= 15 is 0 Å². The van der Waals surface area contributed by atoms with Crippen molar-refractivity contribution in [2.75, 3.05) is 7.05 Å². The van der Waals surface area contributed by atoms with E-state index in [1.54, 1.807) is 0 Å². The summed E-state index contributed by atoms with van der Waals surface area (Å²) in [5, 5.41) is 9.86. The zero-order valence-corrected chi connectivity index (χ0v) is 14.6. The fourth-order valence-corrected chi connectivity index (χ4v) is 3.02. The van der Waals surface area contributed by atoms with Gasteiger partial charge in [0.05, 0.1) is 5.56 Å². The molecule has 0 spiro atoms. The largest absolute Gasteiger partial charge is 0.508 e. The second-order valence-electron chi connectivity index (χ2n) is 6.67. The molecular formula is C20H23NO3. The quantitative estimate of drug-likeness (QED) is 0.780. The Morgan fingerprint density at radius 1 is 1.21 bits per heavy atom. The Labute approximate surface area is 142 Å². The molecule has 0 bridgehead atoms. The Balaban J connectivity index is 1.73. The molecule has 0 aliphatic heterocycles. The highest BCUT2D eigenvalue weighted by atomic mass is 16.4. The van der Waals surface area contributed by atoms with Gasteiger partial charge < -0.3 is 9.52 Å². The molecule has 1 aliphatic carbocycles. The lowest BCUT2D eigenvalue weighted by atomic mass is 9.93. The molecular weight excluding hydrogens is 302 g/mol. The number of nitrogens with zero attached hydrogens (tertiary/aromatic N) is 1. The smallest absolute Gasteiger partial charge is 0.343 e. The van der Waals surface area contributed by atoms with Crippen LogP contribution in [0.15, 0.2) is 27.4 Å². The Hall–Kier alpha value is -2.33. The van der Waals surface area contributed by atoms with Crippen LogP contribution in [0.4, 0.5) is 0 Å². The van der Waals surface area contributed by atoms with Crippen LogP contribution < -0.4 is 5.63 Å². The van der Waals surface area contributed by atoms with Gasteiger partial charge in [-0.25, -0.2) is 4.79 Å². The number of phenolic OH excluding ortho intramolecular Hbond substituents is 1. The van der Waals surface area contributed by atoms with Crippen LogP contribution in [0.1, 0.15) is 40.5 Å². The molecule has 3 rings (SSSR count). The lowest BCUT2D eigenvalue weighted by Crippen LogP contribution is -2.31. The summed E-state index contributed by atoms with van der Waals surface area (Å²) in [5.41, 5.74) is 4.52. The van der Waals surface area contributed by atoms with E-state index in [-0.39, 0.29) is 11.7 Å². The minimum absolute atomic E-state index is 0.250. The molecule has 0 fully saturated rings. The topological polar surface area (TPSA) is 53.7 Å². The van der Waals surface area contributed by atoms with Gasteiger partial charge >= 0.3 is 5.63 Å². The van der Waals surface area contributed by atoms with E-state index in [4.69, 9.17) is 4.42 Å². The molecule has 2 aromatic rings.